The van der Waals surface area contributed by atoms with Crippen LogP contribution in [0.15, 0.2) is 97.1 Å². The number of unbranched alkanes of at least 4 members (excludes halogenated alkanes) is 8. The topological polar surface area (TPSA) is 119 Å². The predicted octanol–water partition coefficient (Wildman–Crippen LogP) is 8.10. The van der Waals surface area contributed by atoms with Gasteiger partial charge < -0.3 is 25.0 Å². The number of ether oxygens (including phenoxy) is 1. The van der Waals surface area contributed by atoms with Crippen molar-refractivity contribution in [2.24, 2.45) is 0 Å². The molecule has 2 unspecified atom stereocenters. The van der Waals surface area contributed by atoms with E-state index in [2.05, 4.69) is 12.2 Å². The third-order valence-corrected chi connectivity index (χ3v) is 11.1. The number of phenolic OH excluding ortho intramolecular Hbond substituents is 1. The van der Waals surface area contributed by atoms with Crippen LogP contribution in [0.3, 0.4) is 0 Å². The Balaban J connectivity index is 1.23. The average Bonchev–Trinajstić information content (AvgIpc) is 3.21. The molecule has 4 aromatic rings. The first-order valence-electron chi connectivity index (χ1n) is 20.4. The van der Waals surface area contributed by atoms with E-state index in [1.165, 1.54) is 38.5 Å². The van der Waals surface area contributed by atoms with Crippen molar-refractivity contribution in [3.63, 3.8) is 0 Å². The molecular weight excluding hydrogens is 705 g/mol. The van der Waals surface area contributed by atoms with Gasteiger partial charge >= 0.3 is 12.0 Å². The molecule has 4 amide bonds. The molecule has 2 aliphatic rings. The molecule has 0 aromatic heterocycles. The number of nitrogens with zero attached hydrogens (tertiary/aromatic N) is 3. The third kappa shape index (κ3) is 10.5. The normalized spacial score (nSPS) is 18.2. The molecule has 0 aliphatic carbocycles. The zero-order valence-corrected chi connectivity index (χ0v) is 32.6. The summed E-state index contributed by atoms with van der Waals surface area (Å²) in [6.07, 6.45) is 9.80. The molecule has 10 heteroatoms. The number of fused-ring (bicyclic) bond motifs is 2. The Morgan fingerprint density at radius 3 is 2.21 bits per heavy atom. The third-order valence-electron chi connectivity index (χ3n) is 11.1. The number of carbonyl (C=O) groups excluding carboxylic acids is 4. The molecule has 3 atom stereocenters. The minimum absolute atomic E-state index is 0.0848. The van der Waals surface area contributed by atoms with Gasteiger partial charge in [0.2, 0.25) is 11.8 Å². The molecule has 0 bridgehead atoms. The van der Waals surface area contributed by atoms with Crippen LogP contribution in [0, 0.1) is 0 Å². The number of piperazine rings is 1. The van der Waals surface area contributed by atoms with Gasteiger partial charge in [-0.25, -0.2) is 4.79 Å². The van der Waals surface area contributed by atoms with Crippen molar-refractivity contribution in [3.05, 3.63) is 114 Å². The molecule has 10 nitrogen and oxygen atoms in total. The molecule has 0 radical (unpaired) electrons. The van der Waals surface area contributed by atoms with Gasteiger partial charge in [-0.2, -0.15) is 0 Å². The van der Waals surface area contributed by atoms with Gasteiger partial charge in [0.15, 0.2) is 0 Å². The highest BCUT2D eigenvalue weighted by Gasteiger charge is 2.52. The SMILES string of the molecule is CCCCCCCCCCCC(=O)OCC1CC(=O)N2C(CN(Cc3cccc4ccccc34)C(=O)[C@@H]2Cc2ccc(O)cc2)N1C(=O)NCc1ccccc1. The Kier molecular flexibility index (Phi) is 14.4. The fraction of sp³-hybridized carbons (Fsp3) is 0.435. The summed E-state index contributed by atoms with van der Waals surface area (Å²) in [5.41, 5.74) is 2.64. The number of nitrogens with one attached hydrogen (secondary N) is 1. The summed E-state index contributed by atoms with van der Waals surface area (Å²) in [5.74, 6) is -0.728. The van der Waals surface area contributed by atoms with Gasteiger partial charge in [-0.3, -0.25) is 19.3 Å². The van der Waals surface area contributed by atoms with Crippen LogP contribution in [0.5, 0.6) is 5.75 Å². The zero-order chi connectivity index (χ0) is 39.3. The van der Waals surface area contributed by atoms with Crippen molar-refractivity contribution in [3.8, 4) is 5.75 Å². The Morgan fingerprint density at radius 1 is 0.786 bits per heavy atom. The van der Waals surface area contributed by atoms with Crippen molar-refractivity contribution in [2.45, 2.75) is 115 Å². The number of carbonyl (C=O) groups is 4. The maximum absolute atomic E-state index is 14.5. The monoisotopic (exact) mass is 760 g/mol. The first-order chi connectivity index (χ1) is 27.3. The van der Waals surface area contributed by atoms with Gasteiger partial charge in [0.05, 0.1) is 19.0 Å². The first-order valence-corrected chi connectivity index (χ1v) is 20.4. The van der Waals surface area contributed by atoms with Crippen molar-refractivity contribution in [1.29, 1.82) is 0 Å². The summed E-state index contributed by atoms with van der Waals surface area (Å²) in [6, 6.07) is 28.2. The fourth-order valence-electron chi connectivity index (χ4n) is 8.09. The summed E-state index contributed by atoms with van der Waals surface area (Å²) < 4.78 is 5.81. The smallest absolute Gasteiger partial charge is 0.319 e. The van der Waals surface area contributed by atoms with E-state index in [9.17, 15) is 24.3 Å². The molecule has 4 aromatic carbocycles. The van der Waals surface area contributed by atoms with E-state index in [4.69, 9.17) is 4.74 Å². The number of esters is 1. The van der Waals surface area contributed by atoms with Gasteiger partial charge in [-0.1, -0.05) is 143 Å². The molecule has 2 aliphatic heterocycles. The molecule has 0 saturated carbocycles. The lowest BCUT2D eigenvalue weighted by molar-refractivity contribution is -0.173. The van der Waals surface area contributed by atoms with Crippen LogP contribution >= 0.6 is 0 Å². The van der Waals surface area contributed by atoms with Gasteiger partial charge in [0, 0.05) is 25.9 Å². The Morgan fingerprint density at radius 2 is 1.46 bits per heavy atom. The number of hydrogen-bond donors (Lipinski definition) is 2. The van der Waals surface area contributed by atoms with Crippen LogP contribution < -0.4 is 5.32 Å². The van der Waals surface area contributed by atoms with Crippen molar-refractivity contribution < 1.29 is 29.0 Å². The van der Waals surface area contributed by atoms with Crippen LogP contribution in [0.2, 0.25) is 0 Å². The van der Waals surface area contributed by atoms with Crippen LogP contribution in [0.4, 0.5) is 4.79 Å². The summed E-state index contributed by atoms with van der Waals surface area (Å²) >= 11 is 0. The Hall–Kier alpha value is -5.38. The molecular formula is C46H56N4O6. The van der Waals surface area contributed by atoms with E-state index in [0.717, 1.165) is 46.7 Å². The van der Waals surface area contributed by atoms with Gasteiger partial charge in [0.1, 0.15) is 24.6 Å². The van der Waals surface area contributed by atoms with Gasteiger partial charge in [-0.15, -0.1) is 0 Å². The number of amides is 4. The average molecular weight is 761 g/mol. The van der Waals surface area contributed by atoms with Crippen LogP contribution in [-0.2, 0) is 38.6 Å². The lowest BCUT2D eigenvalue weighted by Gasteiger charge is -2.54. The molecule has 296 valence electrons. The molecule has 0 spiro atoms. The molecule has 2 N–H and O–H groups in total. The minimum Gasteiger partial charge on any atom is -0.508 e. The zero-order valence-electron chi connectivity index (χ0n) is 32.6. The van der Waals surface area contributed by atoms with E-state index in [0.29, 0.717) is 0 Å². The number of phenols is 1. The highest BCUT2D eigenvalue weighted by atomic mass is 16.5. The van der Waals surface area contributed by atoms with Gasteiger partial charge in [0.25, 0.3) is 0 Å². The second-order valence-corrected chi connectivity index (χ2v) is 15.2. The molecule has 2 fully saturated rings. The summed E-state index contributed by atoms with van der Waals surface area (Å²) in [5, 5.41) is 15.1. The van der Waals surface area contributed by atoms with E-state index in [1.54, 1.807) is 39.0 Å². The van der Waals surface area contributed by atoms with Crippen molar-refractivity contribution in [1.82, 2.24) is 20.0 Å². The second kappa shape index (κ2) is 20.0. The molecule has 2 saturated heterocycles. The minimum atomic E-state index is -0.902. The highest BCUT2D eigenvalue weighted by Crippen LogP contribution is 2.33. The number of rotatable bonds is 18. The highest BCUT2D eigenvalue weighted by molar-refractivity contribution is 5.92. The van der Waals surface area contributed by atoms with Crippen LogP contribution in [-0.4, -0.2) is 75.0 Å². The van der Waals surface area contributed by atoms with E-state index >= 15 is 0 Å². The summed E-state index contributed by atoms with van der Waals surface area (Å²) in [7, 11) is 0. The van der Waals surface area contributed by atoms with Crippen LogP contribution in [0.1, 0.15) is 94.2 Å². The molecule has 2 heterocycles. The Labute approximate surface area is 330 Å². The maximum atomic E-state index is 14.5. The summed E-state index contributed by atoms with van der Waals surface area (Å²) in [6.45, 7) is 2.72. The maximum Gasteiger partial charge on any atom is 0.319 e. The fourth-order valence-corrected chi connectivity index (χ4v) is 8.09. The quantitative estimate of drug-likeness (QED) is 0.0782. The lowest BCUT2D eigenvalue weighted by Crippen LogP contribution is -2.74. The summed E-state index contributed by atoms with van der Waals surface area (Å²) in [4.78, 5) is 61.1. The van der Waals surface area contributed by atoms with Crippen molar-refractivity contribution >= 4 is 34.6 Å². The number of urea groups is 1. The lowest BCUT2D eigenvalue weighted by atomic mass is 9.94. The van der Waals surface area contributed by atoms with Gasteiger partial charge in [-0.05, 0) is 46.0 Å². The molecule has 6 rings (SSSR count). The largest absolute Gasteiger partial charge is 0.508 e. The second-order valence-electron chi connectivity index (χ2n) is 15.2. The van der Waals surface area contributed by atoms with Crippen LogP contribution in [0.25, 0.3) is 10.8 Å². The van der Waals surface area contributed by atoms with Crippen molar-refractivity contribution in [2.75, 3.05) is 13.2 Å². The van der Waals surface area contributed by atoms with E-state index in [1.807, 2.05) is 72.8 Å². The van der Waals surface area contributed by atoms with E-state index in [-0.39, 0.29) is 69.0 Å². The number of aromatic hydroxyl groups is 1. The van der Waals surface area contributed by atoms with E-state index < -0.39 is 24.3 Å². The molecule has 56 heavy (non-hydrogen) atoms. The number of hydrogen-bond acceptors (Lipinski definition) is 6. The predicted molar refractivity (Wildman–Crippen MR) is 217 cm³/mol. The Bertz CT molecular complexity index is 1910. The first kappa shape index (κ1) is 40.3. The standard InChI is InChI=1S/C46H56N4O6/c1-2-3-4-5-6-7-8-9-13-23-44(53)56-33-38-29-43(52)50-41(28-34-24-26-39(51)27-25-34)45(54)48(31-37-21-16-20-36-19-14-15-22-40(36)37)32-42(50)49(38)46(55)47-30-35-17-11-10-12-18-35/h10-12,14-22,24-27,38,41-42,51H,2-9,13,23,28-33H2,1H3,(H,47,55)/t38?,41-,42?/m0/s1. The number of benzene rings is 4.